The zero-order valence-corrected chi connectivity index (χ0v) is 26.0. The third-order valence-electron chi connectivity index (χ3n) is 7.66. The maximum absolute atomic E-state index is 11.4. The Morgan fingerprint density at radius 2 is 1.55 bits per heavy atom. The zero-order chi connectivity index (χ0) is 30.5. The van der Waals surface area contributed by atoms with E-state index in [1.165, 1.54) is 23.7 Å². The first kappa shape index (κ1) is 31.7. The molecular formula is C31H38Cl2N6O3. The normalized spacial score (nSPS) is 20.5. The molecule has 1 aliphatic carbocycles. The Morgan fingerprint density at radius 1 is 0.952 bits per heavy atom. The number of hydrogen-bond acceptors (Lipinski definition) is 7. The molecule has 1 aliphatic rings. The van der Waals surface area contributed by atoms with Gasteiger partial charge in [-0.1, -0.05) is 76.0 Å². The van der Waals surface area contributed by atoms with Crippen LogP contribution in [-0.2, 0) is 6.54 Å². The lowest BCUT2D eigenvalue weighted by molar-refractivity contribution is -0.0731. The van der Waals surface area contributed by atoms with Crippen molar-refractivity contribution in [1.82, 2.24) is 29.5 Å². The molecule has 4 aromatic rings. The van der Waals surface area contributed by atoms with Crippen molar-refractivity contribution in [2.24, 2.45) is 10.8 Å². The minimum Gasteiger partial charge on any atom is -0.466 e. The van der Waals surface area contributed by atoms with Crippen molar-refractivity contribution >= 4 is 29.3 Å². The summed E-state index contributed by atoms with van der Waals surface area (Å²) in [5.74, 6) is 0.609. The quantitative estimate of drug-likeness (QED) is 0.245. The van der Waals surface area contributed by atoms with Crippen LogP contribution in [0.3, 0.4) is 0 Å². The highest BCUT2D eigenvalue weighted by Gasteiger charge is 2.51. The topological polar surface area (TPSA) is 111 Å². The molecule has 42 heavy (non-hydrogen) atoms. The first-order valence-electron chi connectivity index (χ1n) is 13.7. The van der Waals surface area contributed by atoms with E-state index in [0.717, 1.165) is 24.0 Å². The molecule has 0 aliphatic heterocycles. The summed E-state index contributed by atoms with van der Waals surface area (Å²) in [6.07, 6.45) is 8.56. The van der Waals surface area contributed by atoms with Gasteiger partial charge >= 0.3 is 0 Å². The molecule has 9 nitrogen and oxygen atoms in total. The van der Waals surface area contributed by atoms with Gasteiger partial charge in [-0.2, -0.15) is 10.2 Å². The maximum Gasteiger partial charge on any atom is 0.219 e. The zero-order valence-electron chi connectivity index (χ0n) is 24.5. The molecule has 2 aromatic carbocycles. The van der Waals surface area contributed by atoms with Crippen LogP contribution >= 0.6 is 23.2 Å². The van der Waals surface area contributed by atoms with E-state index in [9.17, 15) is 10.2 Å². The standard InChI is InChI=1S/C17H20ClN3O.C14H18ClN3O2/c1-16(2)8-7-14(9-13-3-5-15(18)6-4-13)17(16,22)10-21-12-19-11-20-21;1-14(2,3)12(19)13(18-9-16-8-17-18)20-11-6-4-10(15)5-7-11/h3-6,9,11-12,22H,7-8,10H2,1-2H3;4-9,12-13,19H,1-3H3/b14-9+;. The fourth-order valence-electron chi connectivity index (χ4n) is 4.80. The van der Waals surface area contributed by atoms with E-state index >= 15 is 0 Å². The van der Waals surface area contributed by atoms with Crippen LogP contribution in [0, 0.1) is 10.8 Å². The second kappa shape index (κ2) is 13.0. The number of benzene rings is 2. The van der Waals surface area contributed by atoms with E-state index in [2.05, 4.69) is 40.1 Å². The van der Waals surface area contributed by atoms with Crippen molar-refractivity contribution in [3.8, 4) is 5.75 Å². The molecule has 3 unspecified atom stereocenters. The summed E-state index contributed by atoms with van der Waals surface area (Å²) in [4.78, 5) is 7.87. The van der Waals surface area contributed by atoms with E-state index in [1.807, 2.05) is 45.0 Å². The summed E-state index contributed by atoms with van der Waals surface area (Å²) in [7, 11) is 0. The lowest BCUT2D eigenvalue weighted by atomic mass is 9.76. The van der Waals surface area contributed by atoms with E-state index in [4.69, 9.17) is 27.9 Å². The fraction of sp³-hybridized carbons (Fsp3) is 0.419. The molecule has 0 spiro atoms. The fourth-order valence-corrected chi connectivity index (χ4v) is 5.06. The van der Waals surface area contributed by atoms with Crippen molar-refractivity contribution in [2.75, 3.05) is 0 Å². The van der Waals surface area contributed by atoms with Gasteiger partial charge in [0.25, 0.3) is 0 Å². The van der Waals surface area contributed by atoms with E-state index in [-0.39, 0.29) is 10.8 Å². The SMILES string of the molecule is CC(C)(C)C(O)C(Oc1ccc(Cl)cc1)n1cncn1.CC1(C)CC/C(=C\c2ccc(Cl)cc2)C1(O)Cn1cncn1. The number of aliphatic hydroxyl groups is 2. The smallest absolute Gasteiger partial charge is 0.219 e. The van der Waals surface area contributed by atoms with Crippen LogP contribution in [0.2, 0.25) is 10.0 Å². The summed E-state index contributed by atoms with van der Waals surface area (Å²) in [5.41, 5.74) is 0.588. The van der Waals surface area contributed by atoms with Crippen molar-refractivity contribution in [1.29, 1.82) is 0 Å². The van der Waals surface area contributed by atoms with Crippen LogP contribution in [0.25, 0.3) is 6.08 Å². The molecule has 0 saturated heterocycles. The van der Waals surface area contributed by atoms with Crippen molar-refractivity contribution in [3.63, 3.8) is 0 Å². The Hall–Kier alpha value is -3.24. The molecule has 5 rings (SSSR count). The van der Waals surface area contributed by atoms with Crippen LogP contribution in [0.4, 0.5) is 0 Å². The number of halogens is 2. The van der Waals surface area contributed by atoms with Gasteiger partial charge in [-0.3, -0.25) is 0 Å². The van der Waals surface area contributed by atoms with E-state index < -0.39 is 17.9 Å². The summed E-state index contributed by atoms with van der Waals surface area (Å²) in [5, 5.41) is 31.4. The summed E-state index contributed by atoms with van der Waals surface area (Å²) in [6.45, 7) is 10.4. The highest BCUT2D eigenvalue weighted by molar-refractivity contribution is 6.30. The lowest BCUT2D eigenvalue weighted by Gasteiger charge is -2.37. The molecule has 1 saturated carbocycles. The Balaban J connectivity index is 0.000000194. The molecule has 0 radical (unpaired) electrons. The average molecular weight is 614 g/mol. The number of aromatic nitrogens is 6. The molecule has 224 valence electrons. The summed E-state index contributed by atoms with van der Waals surface area (Å²) >= 11 is 11.8. The molecule has 3 atom stereocenters. The van der Waals surface area contributed by atoms with Crippen LogP contribution < -0.4 is 4.74 Å². The van der Waals surface area contributed by atoms with Gasteiger partial charge in [-0.05, 0) is 71.2 Å². The Bertz CT molecular complexity index is 1430. The molecule has 2 aromatic heterocycles. The number of hydrogen-bond donors (Lipinski definition) is 2. The number of nitrogens with zero attached hydrogens (tertiary/aromatic N) is 6. The molecular weight excluding hydrogens is 575 g/mol. The molecule has 0 bridgehead atoms. The molecule has 0 amide bonds. The van der Waals surface area contributed by atoms with Gasteiger partial charge in [0.1, 0.15) is 42.8 Å². The van der Waals surface area contributed by atoms with Crippen molar-refractivity contribution in [3.05, 3.63) is 95.0 Å². The second-order valence-corrected chi connectivity index (χ2v) is 13.1. The minimum atomic E-state index is -0.930. The van der Waals surface area contributed by atoms with Gasteiger partial charge in [0, 0.05) is 10.0 Å². The third kappa shape index (κ3) is 7.58. The minimum absolute atomic E-state index is 0.211. The summed E-state index contributed by atoms with van der Waals surface area (Å²) < 4.78 is 9.06. The second-order valence-electron chi connectivity index (χ2n) is 12.2. The van der Waals surface area contributed by atoms with Crippen LogP contribution in [0.1, 0.15) is 59.3 Å². The highest BCUT2D eigenvalue weighted by atomic mass is 35.5. The van der Waals surface area contributed by atoms with Crippen LogP contribution in [0.15, 0.2) is 79.4 Å². The molecule has 1 fully saturated rings. The number of ether oxygens (including phenoxy) is 1. The van der Waals surface area contributed by atoms with Gasteiger partial charge in [-0.25, -0.2) is 19.3 Å². The van der Waals surface area contributed by atoms with Crippen molar-refractivity contribution in [2.45, 2.75) is 71.9 Å². The maximum atomic E-state index is 11.4. The van der Waals surface area contributed by atoms with Gasteiger partial charge in [-0.15, -0.1) is 0 Å². The Morgan fingerprint density at radius 3 is 2.10 bits per heavy atom. The predicted molar refractivity (Wildman–Crippen MR) is 164 cm³/mol. The number of aliphatic hydroxyl groups excluding tert-OH is 1. The largest absolute Gasteiger partial charge is 0.466 e. The van der Waals surface area contributed by atoms with Crippen LogP contribution in [-0.4, -0.2) is 51.4 Å². The monoisotopic (exact) mass is 612 g/mol. The van der Waals surface area contributed by atoms with Gasteiger partial charge in [0.15, 0.2) is 0 Å². The first-order chi connectivity index (χ1) is 19.8. The molecule has 2 N–H and O–H groups in total. The lowest BCUT2D eigenvalue weighted by Crippen LogP contribution is -2.45. The van der Waals surface area contributed by atoms with Gasteiger partial charge in [0.05, 0.1) is 6.54 Å². The first-order valence-corrected chi connectivity index (χ1v) is 14.5. The molecule has 2 heterocycles. The van der Waals surface area contributed by atoms with Crippen molar-refractivity contribution < 1.29 is 14.9 Å². The Kier molecular flexibility index (Phi) is 9.77. The molecule has 11 heteroatoms. The predicted octanol–water partition coefficient (Wildman–Crippen LogP) is 6.48. The van der Waals surface area contributed by atoms with Crippen LogP contribution in [0.5, 0.6) is 5.75 Å². The van der Waals surface area contributed by atoms with E-state index in [1.54, 1.807) is 35.3 Å². The third-order valence-corrected chi connectivity index (χ3v) is 8.17. The highest BCUT2D eigenvalue weighted by Crippen LogP contribution is 2.50. The number of rotatable bonds is 7. The van der Waals surface area contributed by atoms with E-state index in [0.29, 0.717) is 22.3 Å². The van der Waals surface area contributed by atoms with Gasteiger partial charge < -0.3 is 14.9 Å². The Labute approximate surface area is 256 Å². The van der Waals surface area contributed by atoms with Gasteiger partial charge in [0.2, 0.25) is 6.23 Å². The summed E-state index contributed by atoms with van der Waals surface area (Å²) in [6, 6.07) is 14.6. The average Bonchev–Trinajstić information content (AvgIpc) is 3.69.